The normalized spacial score (nSPS) is 11.4. The van der Waals surface area contributed by atoms with Crippen LogP contribution in [0.1, 0.15) is 48.5 Å². The third-order valence-electron chi connectivity index (χ3n) is 4.02. The maximum Gasteiger partial charge on any atom is 0.257 e. The largest absolute Gasteiger partial charge is 0.497 e. The van der Waals surface area contributed by atoms with E-state index in [0.717, 1.165) is 11.3 Å². The highest BCUT2D eigenvalue weighted by Crippen LogP contribution is 2.27. The molecule has 0 fully saturated rings. The first kappa shape index (κ1) is 18.6. The summed E-state index contributed by atoms with van der Waals surface area (Å²) in [7, 11) is 1.60. The Morgan fingerprint density at radius 3 is 2.48 bits per heavy atom. The van der Waals surface area contributed by atoms with Crippen LogP contribution in [0.5, 0.6) is 5.75 Å². The molecule has 1 aromatic carbocycles. The van der Waals surface area contributed by atoms with Crippen LogP contribution in [-0.4, -0.2) is 28.3 Å². The molecule has 27 heavy (non-hydrogen) atoms. The molecule has 0 aliphatic rings. The molecule has 0 saturated carbocycles. The number of aromatic nitrogens is 3. The highest BCUT2D eigenvalue weighted by atomic mass is 16.5. The van der Waals surface area contributed by atoms with Crippen LogP contribution in [0.25, 0.3) is 11.4 Å². The fourth-order valence-corrected chi connectivity index (χ4v) is 2.58. The van der Waals surface area contributed by atoms with Crippen LogP contribution in [0, 0.1) is 6.92 Å². The number of carbonyl (C=O) groups is 1. The molecule has 0 spiro atoms. The summed E-state index contributed by atoms with van der Waals surface area (Å²) >= 11 is 0. The minimum atomic E-state index is -0.309. The van der Waals surface area contributed by atoms with Gasteiger partial charge < -0.3 is 19.1 Å². The van der Waals surface area contributed by atoms with Crippen LogP contribution < -0.4 is 10.1 Å². The molecule has 3 rings (SSSR count). The van der Waals surface area contributed by atoms with E-state index >= 15 is 0 Å². The number of ether oxygens (including phenoxy) is 1. The molecule has 0 unspecified atom stereocenters. The SMILES string of the molecule is COc1ccc(-c2noc(CNC(=O)c3c(C(C)(C)C)noc3C)n2)cc1. The van der Waals surface area contributed by atoms with Gasteiger partial charge in [0.05, 0.1) is 13.7 Å². The van der Waals surface area contributed by atoms with E-state index in [-0.39, 0.29) is 17.9 Å². The lowest BCUT2D eigenvalue weighted by Gasteiger charge is -2.16. The van der Waals surface area contributed by atoms with Crippen LogP contribution in [0.4, 0.5) is 0 Å². The van der Waals surface area contributed by atoms with Gasteiger partial charge in [0.25, 0.3) is 5.91 Å². The van der Waals surface area contributed by atoms with Crippen LogP contribution in [-0.2, 0) is 12.0 Å². The Balaban J connectivity index is 1.70. The average Bonchev–Trinajstić information content (AvgIpc) is 3.26. The van der Waals surface area contributed by atoms with Crippen molar-refractivity contribution in [3.05, 3.63) is 47.2 Å². The van der Waals surface area contributed by atoms with Crippen molar-refractivity contribution < 1.29 is 18.6 Å². The zero-order chi connectivity index (χ0) is 19.6. The summed E-state index contributed by atoms with van der Waals surface area (Å²) in [4.78, 5) is 16.9. The van der Waals surface area contributed by atoms with Crippen LogP contribution in [0.2, 0.25) is 0 Å². The number of aryl methyl sites for hydroxylation is 1. The standard InChI is InChI=1S/C19H22N4O4/c1-11-15(16(22-26-11)19(2,3)4)18(24)20-10-14-21-17(23-27-14)12-6-8-13(25-5)9-7-12/h6-9H,10H2,1-5H3,(H,20,24). The molecule has 0 aliphatic heterocycles. The predicted molar refractivity (Wildman–Crippen MR) is 97.4 cm³/mol. The summed E-state index contributed by atoms with van der Waals surface area (Å²) in [5.74, 6) is 1.68. The van der Waals surface area contributed by atoms with Crippen LogP contribution in [0.15, 0.2) is 33.3 Å². The Hall–Kier alpha value is -3.16. The molecule has 142 valence electrons. The number of carbonyl (C=O) groups excluding carboxylic acids is 1. The minimum Gasteiger partial charge on any atom is -0.497 e. The second-order valence-electron chi connectivity index (χ2n) is 7.14. The molecular formula is C19H22N4O4. The van der Waals surface area contributed by atoms with Crippen molar-refractivity contribution in [2.45, 2.75) is 39.7 Å². The number of rotatable bonds is 5. The van der Waals surface area contributed by atoms with E-state index in [1.54, 1.807) is 14.0 Å². The molecule has 2 aromatic heterocycles. The first-order valence-corrected chi connectivity index (χ1v) is 8.51. The van der Waals surface area contributed by atoms with E-state index in [0.29, 0.717) is 28.7 Å². The van der Waals surface area contributed by atoms with E-state index in [9.17, 15) is 4.79 Å². The van der Waals surface area contributed by atoms with Gasteiger partial charge in [-0.15, -0.1) is 0 Å². The van der Waals surface area contributed by atoms with E-state index in [4.69, 9.17) is 13.8 Å². The number of methoxy groups -OCH3 is 1. The average molecular weight is 370 g/mol. The van der Waals surface area contributed by atoms with Crippen molar-refractivity contribution in [2.75, 3.05) is 7.11 Å². The number of amides is 1. The summed E-state index contributed by atoms with van der Waals surface area (Å²) in [5, 5.41) is 10.8. The molecule has 0 atom stereocenters. The van der Waals surface area contributed by atoms with Crippen molar-refractivity contribution in [3.8, 4) is 17.1 Å². The number of hydrogen-bond donors (Lipinski definition) is 1. The second kappa shape index (κ2) is 7.22. The molecule has 1 amide bonds. The molecule has 0 radical (unpaired) electrons. The highest BCUT2D eigenvalue weighted by Gasteiger charge is 2.28. The highest BCUT2D eigenvalue weighted by molar-refractivity contribution is 5.96. The van der Waals surface area contributed by atoms with Crippen molar-refractivity contribution in [2.24, 2.45) is 0 Å². The Bertz CT molecular complexity index is 936. The van der Waals surface area contributed by atoms with Crippen molar-refractivity contribution in [1.29, 1.82) is 0 Å². The lowest BCUT2D eigenvalue weighted by Crippen LogP contribution is -2.27. The van der Waals surface area contributed by atoms with Crippen molar-refractivity contribution in [1.82, 2.24) is 20.6 Å². The molecule has 8 heteroatoms. The van der Waals surface area contributed by atoms with E-state index < -0.39 is 0 Å². The van der Waals surface area contributed by atoms with Gasteiger partial charge in [-0.1, -0.05) is 31.1 Å². The fraction of sp³-hybridized carbons (Fsp3) is 0.368. The summed E-state index contributed by atoms with van der Waals surface area (Å²) < 4.78 is 15.6. The summed E-state index contributed by atoms with van der Waals surface area (Å²) in [6.07, 6.45) is 0. The molecular weight excluding hydrogens is 348 g/mol. The van der Waals surface area contributed by atoms with Gasteiger partial charge in [-0.25, -0.2) is 0 Å². The summed E-state index contributed by atoms with van der Waals surface area (Å²) in [5.41, 5.74) is 1.54. The Labute approximate surface area is 156 Å². The first-order chi connectivity index (χ1) is 12.8. The van der Waals surface area contributed by atoms with Gasteiger partial charge in [0, 0.05) is 11.0 Å². The van der Waals surface area contributed by atoms with Gasteiger partial charge in [-0.3, -0.25) is 4.79 Å². The van der Waals surface area contributed by atoms with Crippen LogP contribution >= 0.6 is 0 Å². The van der Waals surface area contributed by atoms with E-state index in [1.807, 2.05) is 45.0 Å². The van der Waals surface area contributed by atoms with E-state index in [1.165, 1.54) is 0 Å². The molecule has 2 heterocycles. The number of nitrogens with zero attached hydrogens (tertiary/aromatic N) is 3. The molecule has 8 nitrogen and oxygen atoms in total. The quantitative estimate of drug-likeness (QED) is 0.735. The lowest BCUT2D eigenvalue weighted by molar-refractivity contribution is 0.0943. The van der Waals surface area contributed by atoms with Gasteiger partial charge in [-0.2, -0.15) is 4.98 Å². The third kappa shape index (κ3) is 3.99. The molecule has 0 saturated heterocycles. The number of hydrogen-bond acceptors (Lipinski definition) is 7. The van der Waals surface area contributed by atoms with Gasteiger partial charge in [0.1, 0.15) is 22.8 Å². The van der Waals surface area contributed by atoms with E-state index in [2.05, 4.69) is 20.6 Å². The lowest BCUT2D eigenvalue weighted by atomic mass is 9.88. The predicted octanol–water partition coefficient (Wildman–Crippen LogP) is 3.27. The smallest absolute Gasteiger partial charge is 0.257 e. The molecule has 3 aromatic rings. The van der Waals surface area contributed by atoms with Gasteiger partial charge in [-0.05, 0) is 31.2 Å². The van der Waals surface area contributed by atoms with Gasteiger partial charge in [0.2, 0.25) is 11.7 Å². The van der Waals surface area contributed by atoms with Crippen molar-refractivity contribution in [3.63, 3.8) is 0 Å². The monoisotopic (exact) mass is 370 g/mol. The third-order valence-corrected chi connectivity index (χ3v) is 4.02. The van der Waals surface area contributed by atoms with Gasteiger partial charge >= 0.3 is 0 Å². The minimum absolute atomic E-state index is 0.107. The second-order valence-corrected chi connectivity index (χ2v) is 7.14. The first-order valence-electron chi connectivity index (χ1n) is 8.51. The van der Waals surface area contributed by atoms with Gasteiger partial charge in [0.15, 0.2) is 0 Å². The number of nitrogens with one attached hydrogen (secondary N) is 1. The maximum absolute atomic E-state index is 12.6. The number of benzene rings is 1. The molecule has 0 bridgehead atoms. The Kier molecular flexibility index (Phi) is 4.98. The fourth-order valence-electron chi connectivity index (χ4n) is 2.58. The zero-order valence-electron chi connectivity index (χ0n) is 16.0. The summed E-state index contributed by atoms with van der Waals surface area (Å²) in [6, 6.07) is 7.30. The molecule has 0 aliphatic carbocycles. The maximum atomic E-state index is 12.6. The summed E-state index contributed by atoms with van der Waals surface area (Å²) in [6.45, 7) is 7.74. The Morgan fingerprint density at radius 2 is 1.85 bits per heavy atom. The van der Waals surface area contributed by atoms with Crippen LogP contribution in [0.3, 0.4) is 0 Å². The molecule has 1 N–H and O–H groups in total. The zero-order valence-corrected chi connectivity index (χ0v) is 16.0. The Morgan fingerprint density at radius 1 is 1.15 bits per heavy atom. The topological polar surface area (TPSA) is 103 Å². The van der Waals surface area contributed by atoms with Crippen molar-refractivity contribution >= 4 is 5.91 Å².